The van der Waals surface area contributed by atoms with Gasteiger partial charge in [0.25, 0.3) is 0 Å². The smallest absolute Gasteiger partial charge is 0.243 e. The summed E-state index contributed by atoms with van der Waals surface area (Å²) in [5.74, 6) is -0.229. The van der Waals surface area contributed by atoms with Crippen molar-refractivity contribution in [2.75, 3.05) is 0 Å². The number of nitrogens with one attached hydrogen (secondary N) is 1. The zero-order chi connectivity index (χ0) is 23.1. The number of halogens is 2. The summed E-state index contributed by atoms with van der Waals surface area (Å²) in [7, 11) is 0. The Labute approximate surface area is 195 Å². The van der Waals surface area contributed by atoms with Crippen LogP contribution in [0.4, 0.5) is 0 Å². The third-order valence-corrected chi connectivity index (χ3v) is 6.10. The standard InChI is InChI=1S/C25H32Cl2N2O2/c1-6-18(5)28-25(31)23(7-2)29(15-19-8-9-21(26)22(27)13-19)24(30)14-20-11-16(3)10-17(4)12-20/h8-13,18,23H,6-7,14-15H2,1-5H3,(H,28,31)/t18-,23-/m0/s1. The summed E-state index contributed by atoms with van der Waals surface area (Å²) < 4.78 is 0. The van der Waals surface area contributed by atoms with E-state index >= 15 is 0 Å². The highest BCUT2D eigenvalue weighted by molar-refractivity contribution is 6.42. The molecule has 0 aliphatic carbocycles. The van der Waals surface area contributed by atoms with Gasteiger partial charge in [-0.05, 0) is 56.9 Å². The van der Waals surface area contributed by atoms with Gasteiger partial charge in [0.15, 0.2) is 0 Å². The number of aryl methyl sites for hydroxylation is 2. The molecule has 2 amide bonds. The minimum Gasteiger partial charge on any atom is -0.352 e. The van der Waals surface area contributed by atoms with E-state index in [4.69, 9.17) is 23.2 Å². The lowest BCUT2D eigenvalue weighted by Gasteiger charge is -2.31. The highest BCUT2D eigenvalue weighted by Gasteiger charge is 2.29. The van der Waals surface area contributed by atoms with Crippen molar-refractivity contribution in [3.05, 3.63) is 68.7 Å². The van der Waals surface area contributed by atoms with Gasteiger partial charge in [0.2, 0.25) is 11.8 Å². The molecule has 0 spiro atoms. The fraction of sp³-hybridized carbons (Fsp3) is 0.440. The molecular formula is C25H32Cl2N2O2. The number of hydrogen-bond acceptors (Lipinski definition) is 2. The van der Waals surface area contributed by atoms with Crippen molar-refractivity contribution in [2.24, 2.45) is 0 Å². The second-order valence-electron chi connectivity index (χ2n) is 8.18. The average molecular weight is 463 g/mol. The van der Waals surface area contributed by atoms with Crippen LogP contribution in [0.25, 0.3) is 0 Å². The molecule has 0 heterocycles. The molecule has 0 aliphatic heterocycles. The van der Waals surface area contributed by atoms with Crippen LogP contribution in [-0.4, -0.2) is 28.8 Å². The molecule has 0 aliphatic rings. The van der Waals surface area contributed by atoms with Crippen LogP contribution >= 0.6 is 23.2 Å². The van der Waals surface area contributed by atoms with E-state index in [0.29, 0.717) is 16.5 Å². The van der Waals surface area contributed by atoms with Crippen molar-refractivity contribution in [1.29, 1.82) is 0 Å². The largest absolute Gasteiger partial charge is 0.352 e. The second kappa shape index (κ2) is 11.5. The zero-order valence-electron chi connectivity index (χ0n) is 19.0. The molecule has 0 unspecified atom stereocenters. The molecule has 2 atom stereocenters. The quantitative estimate of drug-likeness (QED) is 0.505. The van der Waals surface area contributed by atoms with Crippen LogP contribution in [0.2, 0.25) is 10.0 Å². The van der Waals surface area contributed by atoms with Gasteiger partial charge in [-0.1, -0.05) is 72.4 Å². The Balaban J connectivity index is 2.35. The van der Waals surface area contributed by atoms with Gasteiger partial charge in [0.05, 0.1) is 16.5 Å². The summed E-state index contributed by atoms with van der Waals surface area (Å²) >= 11 is 12.2. The fourth-order valence-electron chi connectivity index (χ4n) is 3.64. The van der Waals surface area contributed by atoms with Crippen molar-refractivity contribution in [3.8, 4) is 0 Å². The summed E-state index contributed by atoms with van der Waals surface area (Å²) in [4.78, 5) is 28.1. The van der Waals surface area contributed by atoms with Gasteiger partial charge in [0.1, 0.15) is 6.04 Å². The predicted molar refractivity (Wildman–Crippen MR) is 129 cm³/mol. The minimum atomic E-state index is -0.568. The van der Waals surface area contributed by atoms with Crippen LogP contribution in [0.15, 0.2) is 36.4 Å². The molecule has 1 N–H and O–H groups in total. The summed E-state index contributed by atoms with van der Waals surface area (Å²) in [5.41, 5.74) is 4.00. The van der Waals surface area contributed by atoms with Gasteiger partial charge in [0, 0.05) is 12.6 Å². The first kappa shape index (κ1) is 25.2. The molecule has 0 saturated carbocycles. The Morgan fingerprint density at radius 2 is 1.58 bits per heavy atom. The Morgan fingerprint density at radius 1 is 0.935 bits per heavy atom. The van der Waals surface area contributed by atoms with E-state index in [0.717, 1.165) is 28.7 Å². The first-order chi connectivity index (χ1) is 14.6. The molecule has 2 aromatic carbocycles. The molecule has 2 aromatic rings. The third-order valence-electron chi connectivity index (χ3n) is 5.36. The van der Waals surface area contributed by atoms with Crippen molar-refractivity contribution in [1.82, 2.24) is 10.2 Å². The van der Waals surface area contributed by atoms with Crippen LogP contribution in [0, 0.1) is 13.8 Å². The predicted octanol–water partition coefficient (Wildman–Crippen LogP) is 5.87. The van der Waals surface area contributed by atoms with E-state index in [2.05, 4.69) is 11.4 Å². The zero-order valence-corrected chi connectivity index (χ0v) is 20.5. The lowest BCUT2D eigenvalue weighted by Crippen LogP contribution is -2.51. The highest BCUT2D eigenvalue weighted by Crippen LogP contribution is 2.24. The van der Waals surface area contributed by atoms with Crippen LogP contribution < -0.4 is 5.32 Å². The number of benzene rings is 2. The molecule has 2 rings (SSSR count). The van der Waals surface area contributed by atoms with E-state index in [-0.39, 0.29) is 30.8 Å². The molecule has 0 radical (unpaired) electrons. The first-order valence-corrected chi connectivity index (χ1v) is 11.5. The van der Waals surface area contributed by atoms with E-state index < -0.39 is 6.04 Å². The number of nitrogens with zero attached hydrogens (tertiary/aromatic N) is 1. The lowest BCUT2D eigenvalue weighted by atomic mass is 10.0. The van der Waals surface area contributed by atoms with Gasteiger partial charge in [-0.3, -0.25) is 9.59 Å². The first-order valence-electron chi connectivity index (χ1n) is 10.8. The Kier molecular flexibility index (Phi) is 9.39. The number of rotatable bonds is 9. The Morgan fingerprint density at radius 3 is 2.13 bits per heavy atom. The maximum atomic E-state index is 13.4. The van der Waals surface area contributed by atoms with Crippen molar-refractivity contribution in [3.63, 3.8) is 0 Å². The molecule has 31 heavy (non-hydrogen) atoms. The minimum absolute atomic E-state index is 0.0444. The fourth-order valence-corrected chi connectivity index (χ4v) is 3.96. The second-order valence-corrected chi connectivity index (χ2v) is 9.00. The summed E-state index contributed by atoms with van der Waals surface area (Å²) in [6, 6.07) is 10.9. The monoisotopic (exact) mass is 462 g/mol. The summed E-state index contributed by atoms with van der Waals surface area (Å²) in [6.07, 6.45) is 1.57. The van der Waals surface area contributed by atoms with Crippen LogP contribution in [0.3, 0.4) is 0 Å². The van der Waals surface area contributed by atoms with Crippen LogP contribution in [0.5, 0.6) is 0 Å². The molecule has 168 valence electrons. The number of carbonyl (C=O) groups excluding carboxylic acids is 2. The van der Waals surface area contributed by atoms with Crippen molar-refractivity contribution >= 4 is 35.0 Å². The van der Waals surface area contributed by atoms with E-state index in [1.807, 2.05) is 52.8 Å². The van der Waals surface area contributed by atoms with Crippen molar-refractivity contribution < 1.29 is 9.59 Å². The van der Waals surface area contributed by atoms with Gasteiger partial charge in [-0.15, -0.1) is 0 Å². The van der Waals surface area contributed by atoms with Gasteiger partial charge < -0.3 is 10.2 Å². The maximum Gasteiger partial charge on any atom is 0.243 e. The Hall–Kier alpha value is -2.04. The van der Waals surface area contributed by atoms with Gasteiger partial charge in [-0.2, -0.15) is 0 Å². The SMILES string of the molecule is CC[C@H](C)NC(=O)[C@H](CC)N(Cc1ccc(Cl)c(Cl)c1)C(=O)Cc1cc(C)cc(C)c1. The molecular weight excluding hydrogens is 431 g/mol. The van der Waals surface area contributed by atoms with Crippen LogP contribution in [0.1, 0.15) is 55.9 Å². The third kappa shape index (κ3) is 7.26. The molecule has 0 aromatic heterocycles. The lowest BCUT2D eigenvalue weighted by molar-refractivity contribution is -0.141. The topological polar surface area (TPSA) is 49.4 Å². The summed E-state index contributed by atoms with van der Waals surface area (Å²) in [6.45, 7) is 10.2. The van der Waals surface area contributed by atoms with E-state index in [9.17, 15) is 9.59 Å². The van der Waals surface area contributed by atoms with Gasteiger partial charge in [-0.25, -0.2) is 0 Å². The summed E-state index contributed by atoms with van der Waals surface area (Å²) in [5, 5.41) is 3.91. The molecule has 0 saturated heterocycles. The van der Waals surface area contributed by atoms with Gasteiger partial charge >= 0.3 is 0 Å². The molecule has 4 nitrogen and oxygen atoms in total. The van der Waals surface area contributed by atoms with E-state index in [1.54, 1.807) is 17.0 Å². The van der Waals surface area contributed by atoms with Crippen LogP contribution in [-0.2, 0) is 22.6 Å². The van der Waals surface area contributed by atoms with E-state index in [1.165, 1.54) is 0 Å². The molecule has 6 heteroatoms. The molecule has 0 bridgehead atoms. The Bertz CT molecular complexity index is 909. The number of hydrogen-bond donors (Lipinski definition) is 1. The number of amides is 2. The number of carbonyl (C=O) groups is 2. The maximum absolute atomic E-state index is 13.4. The average Bonchev–Trinajstić information content (AvgIpc) is 2.69. The highest BCUT2D eigenvalue weighted by atomic mass is 35.5. The van der Waals surface area contributed by atoms with Crippen molar-refractivity contribution in [2.45, 2.75) is 72.5 Å². The molecule has 0 fully saturated rings. The normalized spacial score (nSPS) is 12.9.